The Morgan fingerprint density at radius 3 is 2.48 bits per heavy atom. The first-order valence-electron chi connectivity index (χ1n) is 10.1. The van der Waals surface area contributed by atoms with Crippen molar-refractivity contribution in [3.63, 3.8) is 0 Å². The van der Waals surface area contributed by atoms with Crippen LogP contribution in [0.1, 0.15) is 24.5 Å². The number of carbonyl (C=O) groups excluding carboxylic acids is 1. The number of methoxy groups -OCH3 is 2. The van der Waals surface area contributed by atoms with E-state index in [2.05, 4.69) is 48.3 Å². The lowest BCUT2D eigenvalue weighted by molar-refractivity contribution is -0.129. The van der Waals surface area contributed by atoms with Crippen molar-refractivity contribution >= 4 is 17.7 Å². The zero-order valence-electron chi connectivity index (χ0n) is 18.3. The van der Waals surface area contributed by atoms with Crippen molar-refractivity contribution in [2.45, 2.75) is 32.0 Å². The van der Waals surface area contributed by atoms with Gasteiger partial charge in [0.25, 0.3) is 5.22 Å². The first-order chi connectivity index (χ1) is 15.0. The van der Waals surface area contributed by atoms with Gasteiger partial charge in [-0.15, -0.1) is 10.2 Å². The number of nitrogens with zero attached hydrogens (tertiary/aromatic N) is 3. The molecule has 31 heavy (non-hydrogen) atoms. The smallest absolute Gasteiger partial charge is 0.277 e. The van der Waals surface area contributed by atoms with Crippen LogP contribution in [0.2, 0.25) is 0 Å². The molecule has 3 aromatic rings. The lowest BCUT2D eigenvalue weighted by Gasteiger charge is -2.22. The summed E-state index contributed by atoms with van der Waals surface area (Å²) in [5.41, 5.74) is 3.04. The van der Waals surface area contributed by atoms with Crippen LogP contribution in [0, 0.1) is 6.92 Å². The molecule has 0 fully saturated rings. The average molecular weight is 442 g/mol. The molecular weight excluding hydrogens is 414 g/mol. The van der Waals surface area contributed by atoms with E-state index in [1.807, 2.05) is 11.0 Å². The molecule has 0 saturated carbocycles. The molecule has 8 heteroatoms. The Kier molecular flexibility index (Phi) is 7.94. The second-order valence-electron chi connectivity index (χ2n) is 7.03. The van der Waals surface area contributed by atoms with Crippen molar-refractivity contribution in [1.29, 1.82) is 0 Å². The van der Waals surface area contributed by atoms with Crippen LogP contribution < -0.4 is 9.47 Å². The second kappa shape index (κ2) is 10.9. The molecule has 0 atom stereocenters. The SMILES string of the molecule is CCCN(Cc1ccc(C)cc1)C(=O)CSc1nnc(-c2ccc(OC)c(OC)c2)o1. The third kappa shape index (κ3) is 6.01. The van der Waals surface area contributed by atoms with Crippen LogP contribution in [0.15, 0.2) is 52.1 Å². The van der Waals surface area contributed by atoms with Gasteiger partial charge in [0.15, 0.2) is 11.5 Å². The van der Waals surface area contributed by atoms with E-state index in [9.17, 15) is 4.79 Å². The standard InChI is InChI=1S/C23H27N3O4S/c1-5-12-26(14-17-8-6-16(2)7-9-17)21(27)15-31-23-25-24-22(30-23)18-10-11-19(28-3)20(13-18)29-4/h6-11,13H,5,12,14-15H2,1-4H3. The van der Waals surface area contributed by atoms with Crippen LogP contribution in [0.3, 0.4) is 0 Å². The molecule has 0 N–H and O–H groups in total. The van der Waals surface area contributed by atoms with E-state index in [4.69, 9.17) is 13.9 Å². The largest absolute Gasteiger partial charge is 0.493 e. The van der Waals surface area contributed by atoms with Gasteiger partial charge in [-0.25, -0.2) is 0 Å². The van der Waals surface area contributed by atoms with Crippen molar-refractivity contribution in [2.75, 3.05) is 26.5 Å². The van der Waals surface area contributed by atoms with E-state index >= 15 is 0 Å². The molecule has 0 aliphatic carbocycles. The number of hydrogen-bond acceptors (Lipinski definition) is 7. The maximum atomic E-state index is 12.8. The van der Waals surface area contributed by atoms with Crippen molar-refractivity contribution in [2.24, 2.45) is 0 Å². The molecule has 0 saturated heterocycles. The Hall–Kier alpha value is -3.00. The van der Waals surface area contributed by atoms with Crippen molar-refractivity contribution in [3.05, 3.63) is 53.6 Å². The summed E-state index contributed by atoms with van der Waals surface area (Å²) in [6, 6.07) is 13.6. The van der Waals surface area contributed by atoms with Crippen LogP contribution in [0.4, 0.5) is 0 Å². The Bertz CT molecular complexity index is 1000. The lowest BCUT2D eigenvalue weighted by Crippen LogP contribution is -2.32. The number of rotatable bonds is 10. The maximum absolute atomic E-state index is 12.8. The first kappa shape index (κ1) is 22.7. The molecule has 1 amide bonds. The van der Waals surface area contributed by atoms with Crippen LogP contribution in [0.25, 0.3) is 11.5 Å². The number of amides is 1. The summed E-state index contributed by atoms with van der Waals surface area (Å²) in [5.74, 6) is 1.84. The fourth-order valence-corrected chi connectivity index (χ4v) is 3.71. The van der Waals surface area contributed by atoms with Gasteiger partial charge in [0.05, 0.1) is 20.0 Å². The summed E-state index contributed by atoms with van der Waals surface area (Å²) in [6.45, 7) is 5.41. The number of carbonyl (C=O) groups is 1. The van der Waals surface area contributed by atoms with Crippen LogP contribution in [-0.4, -0.2) is 47.5 Å². The predicted octanol–water partition coefficient (Wildman–Crippen LogP) is 4.59. The second-order valence-corrected chi connectivity index (χ2v) is 7.96. The van der Waals surface area contributed by atoms with Gasteiger partial charge in [0.2, 0.25) is 11.8 Å². The third-order valence-electron chi connectivity index (χ3n) is 4.70. The van der Waals surface area contributed by atoms with Gasteiger partial charge in [-0.3, -0.25) is 4.79 Å². The van der Waals surface area contributed by atoms with Gasteiger partial charge in [0.1, 0.15) is 0 Å². The van der Waals surface area contributed by atoms with Crippen LogP contribution in [-0.2, 0) is 11.3 Å². The third-order valence-corrected chi connectivity index (χ3v) is 5.50. The molecule has 0 unspecified atom stereocenters. The minimum Gasteiger partial charge on any atom is -0.493 e. The first-order valence-corrected chi connectivity index (χ1v) is 11.0. The Labute approximate surface area is 186 Å². The van der Waals surface area contributed by atoms with E-state index in [1.54, 1.807) is 26.4 Å². The molecule has 0 aliphatic heterocycles. The topological polar surface area (TPSA) is 77.7 Å². The lowest BCUT2D eigenvalue weighted by atomic mass is 10.1. The number of aromatic nitrogens is 2. The highest BCUT2D eigenvalue weighted by Gasteiger charge is 2.17. The summed E-state index contributed by atoms with van der Waals surface area (Å²) >= 11 is 1.24. The van der Waals surface area contributed by atoms with E-state index in [0.29, 0.717) is 35.7 Å². The quantitative estimate of drug-likeness (QED) is 0.426. The predicted molar refractivity (Wildman–Crippen MR) is 120 cm³/mol. The molecule has 2 aromatic carbocycles. The summed E-state index contributed by atoms with van der Waals surface area (Å²) < 4.78 is 16.3. The fraction of sp³-hybridized carbons (Fsp3) is 0.348. The van der Waals surface area contributed by atoms with Gasteiger partial charge in [-0.2, -0.15) is 0 Å². The van der Waals surface area contributed by atoms with E-state index < -0.39 is 0 Å². The Morgan fingerprint density at radius 2 is 1.81 bits per heavy atom. The molecule has 0 radical (unpaired) electrons. The monoisotopic (exact) mass is 441 g/mol. The fourth-order valence-electron chi connectivity index (χ4n) is 3.04. The van der Waals surface area contributed by atoms with Gasteiger partial charge in [-0.05, 0) is 37.1 Å². The van der Waals surface area contributed by atoms with Gasteiger partial charge in [0, 0.05) is 18.7 Å². The number of thioether (sulfide) groups is 1. The summed E-state index contributed by atoms with van der Waals surface area (Å²) in [7, 11) is 3.15. The number of benzene rings is 2. The number of hydrogen-bond donors (Lipinski definition) is 0. The van der Waals surface area contributed by atoms with Crippen LogP contribution >= 0.6 is 11.8 Å². The zero-order chi connectivity index (χ0) is 22.2. The molecule has 3 rings (SSSR count). The molecule has 7 nitrogen and oxygen atoms in total. The minimum atomic E-state index is 0.0401. The highest BCUT2D eigenvalue weighted by atomic mass is 32.2. The van der Waals surface area contributed by atoms with Crippen molar-refractivity contribution in [1.82, 2.24) is 15.1 Å². The molecular formula is C23H27N3O4S. The van der Waals surface area contributed by atoms with Crippen molar-refractivity contribution in [3.8, 4) is 23.0 Å². The number of aryl methyl sites for hydroxylation is 1. The summed E-state index contributed by atoms with van der Waals surface area (Å²) in [6.07, 6.45) is 0.895. The molecule has 164 valence electrons. The highest BCUT2D eigenvalue weighted by molar-refractivity contribution is 7.99. The van der Waals surface area contributed by atoms with Crippen molar-refractivity contribution < 1.29 is 18.7 Å². The molecule has 0 aliphatic rings. The Morgan fingerprint density at radius 1 is 1.06 bits per heavy atom. The molecule has 1 heterocycles. The molecule has 0 bridgehead atoms. The Balaban J connectivity index is 1.63. The molecule has 1 aromatic heterocycles. The molecule has 0 spiro atoms. The van der Waals surface area contributed by atoms with Gasteiger partial charge < -0.3 is 18.8 Å². The van der Waals surface area contributed by atoms with Gasteiger partial charge in [-0.1, -0.05) is 48.5 Å². The highest BCUT2D eigenvalue weighted by Crippen LogP contribution is 2.32. The average Bonchev–Trinajstić information content (AvgIpc) is 3.27. The maximum Gasteiger partial charge on any atom is 0.277 e. The normalized spacial score (nSPS) is 10.7. The number of ether oxygens (including phenoxy) is 2. The summed E-state index contributed by atoms with van der Waals surface area (Å²) in [5, 5.41) is 8.51. The minimum absolute atomic E-state index is 0.0401. The van der Waals surface area contributed by atoms with E-state index in [1.165, 1.54) is 17.3 Å². The van der Waals surface area contributed by atoms with Gasteiger partial charge >= 0.3 is 0 Å². The summed E-state index contributed by atoms with van der Waals surface area (Å²) in [4.78, 5) is 14.7. The van der Waals surface area contributed by atoms with Crippen LogP contribution in [0.5, 0.6) is 11.5 Å². The zero-order valence-corrected chi connectivity index (χ0v) is 19.1. The van der Waals surface area contributed by atoms with E-state index in [0.717, 1.165) is 17.5 Å². The van der Waals surface area contributed by atoms with E-state index in [-0.39, 0.29) is 11.7 Å².